The predicted molar refractivity (Wildman–Crippen MR) is 104 cm³/mol. The Morgan fingerprint density at radius 3 is 2.77 bits per heavy atom. The Morgan fingerprint density at radius 1 is 1.23 bits per heavy atom. The minimum absolute atomic E-state index is 0.196. The summed E-state index contributed by atoms with van der Waals surface area (Å²) in [7, 11) is 0. The molecular weight excluding hydrogens is 348 g/mol. The van der Waals surface area contributed by atoms with Crippen molar-refractivity contribution in [3.05, 3.63) is 62.9 Å². The third-order valence-corrected chi connectivity index (χ3v) is 4.67. The summed E-state index contributed by atoms with van der Waals surface area (Å²) in [6.07, 6.45) is 0.768. The van der Waals surface area contributed by atoms with E-state index in [4.69, 9.17) is 0 Å². The molecule has 6 nitrogen and oxygen atoms in total. The van der Waals surface area contributed by atoms with Gasteiger partial charge in [0, 0.05) is 23.6 Å². The second-order valence-corrected chi connectivity index (χ2v) is 6.95. The molecule has 0 aliphatic carbocycles. The molecule has 0 saturated carbocycles. The maximum absolute atomic E-state index is 12.4. The van der Waals surface area contributed by atoms with Crippen molar-refractivity contribution in [1.29, 1.82) is 0 Å². The molecule has 2 aromatic heterocycles. The maximum atomic E-state index is 12.4. The van der Waals surface area contributed by atoms with Crippen molar-refractivity contribution in [1.82, 2.24) is 14.8 Å². The number of hydrogen-bond donors (Lipinski definition) is 1. The number of hydrogen-bond acceptors (Lipinski definition) is 5. The van der Waals surface area contributed by atoms with Crippen molar-refractivity contribution < 1.29 is 4.79 Å². The molecule has 0 spiro atoms. The lowest BCUT2D eigenvalue weighted by Crippen LogP contribution is -2.26. The van der Waals surface area contributed by atoms with Gasteiger partial charge in [-0.25, -0.2) is 9.67 Å². The van der Waals surface area contributed by atoms with E-state index in [-0.39, 0.29) is 17.2 Å². The van der Waals surface area contributed by atoms with Gasteiger partial charge in [-0.05, 0) is 31.9 Å². The first-order valence-corrected chi connectivity index (χ1v) is 9.28. The van der Waals surface area contributed by atoms with Gasteiger partial charge in [0.05, 0.1) is 5.69 Å². The number of nitrogens with one attached hydrogen (secondary N) is 1. The highest BCUT2D eigenvalue weighted by Gasteiger charge is 2.13. The van der Waals surface area contributed by atoms with Crippen LogP contribution in [0.4, 0.5) is 5.13 Å². The van der Waals surface area contributed by atoms with Crippen LogP contribution >= 0.6 is 11.3 Å². The van der Waals surface area contributed by atoms with E-state index in [0.29, 0.717) is 11.7 Å². The number of carbonyl (C=O) groups is 1. The number of thiazole rings is 1. The second kappa shape index (κ2) is 7.61. The van der Waals surface area contributed by atoms with Gasteiger partial charge in [0.15, 0.2) is 5.13 Å². The van der Waals surface area contributed by atoms with Crippen molar-refractivity contribution in [2.24, 2.45) is 0 Å². The summed E-state index contributed by atoms with van der Waals surface area (Å²) in [5.41, 5.74) is 4.19. The molecule has 3 rings (SSSR count). The van der Waals surface area contributed by atoms with Crippen LogP contribution in [0.25, 0.3) is 11.3 Å². The third kappa shape index (κ3) is 3.88. The summed E-state index contributed by atoms with van der Waals surface area (Å²) in [4.78, 5) is 28.6. The molecule has 134 valence electrons. The van der Waals surface area contributed by atoms with Crippen LogP contribution in [0.5, 0.6) is 0 Å². The first-order chi connectivity index (χ1) is 12.5. The summed E-state index contributed by atoms with van der Waals surface area (Å²) in [5.74, 6) is -0.378. The van der Waals surface area contributed by atoms with Crippen LogP contribution in [-0.2, 0) is 6.54 Å². The van der Waals surface area contributed by atoms with Crippen LogP contribution in [0.2, 0.25) is 0 Å². The lowest BCUT2D eigenvalue weighted by molar-refractivity contribution is 0.101. The highest BCUT2D eigenvalue weighted by atomic mass is 32.1. The zero-order chi connectivity index (χ0) is 18.7. The number of amides is 1. The van der Waals surface area contributed by atoms with E-state index in [1.54, 1.807) is 0 Å². The zero-order valence-electron chi connectivity index (χ0n) is 14.9. The Morgan fingerprint density at radius 2 is 2.04 bits per heavy atom. The Kier molecular flexibility index (Phi) is 5.27. The summed E-state index contributed by atoms with van der Waals surface area (Å²) < 4.78 is 1.30. The average molecular weight is 368 g/mol. The molecule has 0 bridgehead atoms. The van der Waals surface area contributed by atoms with E-state index in [9.17, 15) is 9.59 Å². The fourth-order valence-corrected chi connectivity index (χ4v) is 3.36. The topological polar surface area (TPSA) is 76.9 Å². The van der Waals surface area contributed by atoms with Crippen molar-refractivity contribution >= 4 is 22.4 Å². The van der Waals surface area contributed by atoms with Crippen LogP contribution < -0.4 is 10.9 Å². The SMILES string of the molecule is CCCn1nc(C(=O)Nc2nc(-c3ccc(C)cc3C)cs2)ccc1=O. The molecule has 0 aliphatic heterocycles. The number of carbonyl (C=O) groups excluding carboxylic acids is 1. The molecular formula is C19H20N4O2S. The monoisotopic (exact) mass is 368 g/mol. The molecule has 2 heterocycles. The Labute approximate surface area is 155 Å². The quantitative estimate of drug-likeness (QED) is 0.746. The Balaban J connectivity index is 1.80. The molecule has 1 N–H and O–H groups in total. The molecule has 1 amide bonds. The fraction of sp³-hybridized carbons (Fsp3) is 0.263. The molecule has 0 saturated heterocycles. The first kappa shape index (κ1) is 18.0. The van der Waals surface area contributed by atoms with Gasteiger partial charge in [0.2, 0.25) is 0 Å². The van der Waals surface area contributed by atoms with Gasteiger partial charge in [0.1, 0.15) is 5.69 Å². The molecule has 26 heavy (non-hydrogen) atoms. The van der Waals surface area contributed by atoms with E-state index < -0.39 is 0 Å². The van der Waals surface area contributed by atoms with E-state index in [0.717, 1.165) is 23.2 Å². The van der Waals surface area contributed by atoms with Crippen LogP contribution in [0.15, 0.2) is 40.5 Å². The van der Waals surface area contributed by atoms with Gasteiger partial charge in [-0.3, -0.25) is 14.9 Å². The lowest BCUT2D eigenvalue weighted by atomic mass is 10.0. The van der Waals surface area contributed by atoms with Crippen molar-refractivity contribution in [2.45, 2.75) is 33.7 Å². The average Bonchev–Trinajstić information content (AvgIpc) is 3.05. The molecule has 0 radical (unpaired) electrons. The molecule has 7 heteroatoms. The number of nitrogens with zero attached hydrogens (tertiary/aromatic N) is 3. The highest BCUT2D eigenvalue weighted by molar-refractivity contribution is 7.14. The van der Waals surface area contributed by atoms with E-state index in [1.165, 1.54) is 33.7 Å². The normalized spacial score (nSPS) is 10.7. The number of rotatable bonds is 5. The van der Waals surface area contributed by atoms with Gasteiger partial charge in [0.25, 0.3) is 11.5 Å². The minimum Gasteiger partial charge on any atom is -0.296 e. The molecule has 0 atom stereocenters. The van der Waals surface area contributed by atoms with E-state index in [1.807, 2.05) is 31.4 Å². The maximum Gasteiger partial charge on any atom is 0.277 e. The number of anilines is 1. The minimum atomic E-state index is -0.378. The number of aryl methyl sites for hydroxylation is 3. The van der Waals surface area contributed by atoms with Crippen LogP contribution in [-0.4, -0.2) is 20.7 Å². The molecule has 0 fully saturated rings. The smallest absolute Gasteiger partial charge is 0.277 e. The standard InChI is InChI=1S/C19H20N4O2S/c1-4-9-23-17(24)8-7-15(22-23)18(25)21-19-20-16(11-26-19)14-6-5-12(2)10-13(14)3/h5-8,10-11H,4,9H2,1-3H3,(H,20,21,25). The molecule has 3 aromatic rings. The largest absolute Gasteiger partial charge is 0.296 e. The Bertz CT molecular complexity index is 1010. The van der Waals surface area contributed by atoms with E-state index >= 15 is 0 Å². The van der Waals surface area contributed by atoms with Crippen LogP contribution in [0.1, 0.15) is 35.0 Å². The van der Waals surface area contributed by atoms with Gasteiger partial charge >= 0.3 is 0 Å². The Hall–Kier alpha value is -2.80. The van der Waals surface area contributed by atoms with Crippen molar-refractivity contribution in [3.63, 3.8) is 0 Å². The summed E-state index contributed by atoms with van der Waals surface area (Å²) >= 11 is 1.36. The highest BCUT2D eigenvalue weighted by Crippen LogP contribution is 2.28. The first-order valence-electron chi connectivity index (χ1n) is 8.40. The summed E-state index contributed by atoms with van der Waals surface area (Å²) in [6.45, 7) is 6.52. The van der Waals surface area contributed by atoms with E-state index in [2.05, 4.69) is 28.4 Å². The summed E-state index contributed by atoms with van der Waals surface area (Å²) in [6, 6.07) is 8.98. The van der Waals surface area contributed by atoms with Gasteiger partial charge in [-0.1, -0.05) is 30.7 Å². The lowest BCUT2D eigenvalue weighted by Gasteiger charge is -2.05. The van der Waals surface area contributed by atoms with Crippen LogP contribution in [0.3, 0.4) is 0 Å². The molecule has 1 aromatic carbocycles. The van der Waals surface area contributed by atoms with Gasteiger partial charge in [-0.2, -0.15) is 5.10 Å². The van der Waals surface area contributed by atoms with Gasteiger partial charge < -0.3 is 0 Å². The zero-order valence-corrected chi connectivity index (χ0v) is 15.8. The van der Waals surface area contributed by atoms with Crippen LogP contribution in [0, 0.1) is 13.8 Å². The van der Waals surface area contributed by atoms with Crippen molar-refractivity contribution in [3.8, 4) is 11.3 Å². The number of aromatic nitrogens is 3. The molecule has 0 unspecified atom stereocenters. The second-order valence-electron chi connectivity index (χ2n) is 6.09. The fourth-order valence-electron chi connectivity index (χ4n) is 2.66. The van der Waals surface area contributed by atoms with Crippen molar-refractivity contribution in [2.75, 3.05) is 5.32 Å². The number of benzene rings is 1. The third-order valence-electron chi connectivity index (χ3n) is 3.92. The molecule has 0 aliphatic rings. The summed E-state index contributed by atoms with van der Waals surface area (Å²) in [5, 5.41) is 9.29. The van der Waals surface area contributed by atoms with Gasteiger partial charge in [-0.15, -0.1) is 11.3 Å². The predicted octanol–water partition coefficient (Wildman–Crippen LogP) is 3.65.